The second kappa shape index (κ2) is 5.97. The molecule has 3 N–H and O–H groups in total. The Morgan fingerprint density at radius 2 is 1.95 bits per heavy atom. The Labute approximate surface area is 114 Å². The molecule has 1 amide bonds. The van der Waals surface area contributed by atoms with Gasteiger partial charge in [-0.1, -0.05) is 0 Å². The summed E-state index contributed by atoms with van der Waals surface area (Å²) in [4.78, 5) is 20.7. The van der Waals surface area contributed by atoms with Gasteiger partial charge < -0.3 is 10.4 Å². The van der Waals surface area contributed by atoms with Gasteiger partial charge in [0.15, 0.2) is 0 Å². The van der Waals surface area contributed by atoms with E-state index in [0.717, 1.165) is 19.1 Å². The first kappa shape index (κ1) is 16.1. The summed E-state index contributed by atoms with van der Waals surface area (Å²) in [6.07, 6.45) is 0. The number of carboxylic acids is 1. The van der Waals surface area contributed by atoms with E-state index in [4.69, 9.17) is 5.11 Å². The number of hydrogen-bond donors (Lipinski definition) is 3. The highest BCUT2D eigenvalue weighted by Crippen LogP contribution is 2.19. The molecule has 1 aromatic carbocycles. The van der Waals surface area contributed by atoms with Gasteiger partial charge in [-0.15, -0.1) is 0 Å². The predicted octanol–water partition coefficient (Wildman–Crippen LogP) is 0.535. The van der Waals surface area contributed by atoms with Crippen molar-refractivity contribution in [3.05, 3.63) is 24.0 Å². The molecule has 7 nitrogen and oxygen atoms in total. The van der Waals surface area contributed by atoms with Gasteiger partial charge in [-0.3, -0.25) is 9.59 Å². The van der Waals surface area contributed by atoms with Gasteiger partial charge in [0.05, 0.1) is 0 Å². The molecule has 9 heteroatoms. The second-order valence-electron chi connectivity index (χ2n) is 4.01. The maximum Gasteiger partial charge on any atom is 0.321 e. The minimum Gasteiger partial charge on any atom is -0.480 e. The number of nitrogens with one attached hydrogen (secondary N) is 2. The summed E-state index contributed by atoms with van der Waals surface area (Å²) in [6, 6.07) is 1.58. The van der Waals surface area contributed by atoms with Crippen LogP contribution in [0, 0.1) is 5.82 Å². The van der Waals surface area contributed by atoms with Crippen LogP contribution in [-0.4, -0.2) is 31.4 Å². The predicted molar refractivity (Wildman–Crippen MR) is 68.1 cm³/mol. The van der Waals surface area contributed by atoms with Gasteiger partial charge in [0.1, 0.15) is 16.8 Å². The van der Waals surface area contributed by atoms with Gasteiger partial charge in [0.25, 0.3) is 0 Å². The lowest BCUT2D eigenvalue weighted by molar-refractivity contribution is -0.138. The SMILES string of the molecule is CC(=O)Nc1ccc(S(=O)(=O)NC(C)C(=O)O)c(F)c1. The van der Waals surface area contributed by atoms with Crippen LogP contribution in [0.5, 0.6) is 0 Å². The fourth-order valence-electron chi connectivity index (χ4n) is 1.35. The average Bonchev–Trinajstić information content (AvgIpc) is 2.26. The molecule has 0 spiro atoms. The van der Waals surface area contributed by atoms with Crippen molar-refractivity contribution < 1.29 is 27.5 Å². The zero-order valence-corrected chi connectivity index (χ0v) is 11.5. The minimum absolute atomic E-state index is 0.0974. The Morgan fingerprint density at radius 1 is 1.35 bits per heavy atom. The molecule has 110 valence electrons. The maximum atomic E-state index is 13.7. The van der Waals surface area contributed by atoms with Crippen LogP contribution in [0.2, 0.25) is 0 Å². The number of carboxylic acid groups (broad SMARTS) is 1. The largest absolute Gasteiger partial charge is 0.480 e. The second-order valence-corrected chi connectivity index (χ2v) is 5.69. The standard InChI is InChI=1S/C11H13FN2O5S/c1-6(11(16)17)14-20(18,19)10-4-3-8(5-9(10)12)13-7(2)15/h3-6,14H,1-2H3,(H,13,15)(H,16,17). The number of sulfonamides is 1. The lowest BCUT2D eigenvalue weighted by Crippen LogP contribution is -2.38. The molecule has 1 aromatic rings. The quantitative estimate of drug-likeness (QED) is 0.734. The first-order valence-electron chi connectivity index (χ1n) is 5.46. The Balaban J connectivity index is 3.07. The monoisotopic (exact) mass is 304 g/mol. The molecule has 0 saturated heterocycles. The molecule has 0 fully saturated rings. The van der Waals surface area contributed by atoms with E-state index in [1.54, 1.807) is 0 Å². The third-order valence-electron chi connectivity index (χ3n) is 2.24. The van der Waals surface area contributed by atoms with Crippen LogP contribution in [0.15, 0.2) is 23.1 Å². The number of rotatable bonds is 5. The first-order chi connectivity index (χ1) is 9.13. The number of carbonyl (C=O) groups is 2. The van der Waals surface area contributed by atoms with E-state index in [0.29, 0.717) is 0 Å². The number of carbonyl (C=O) groups excluding carboxylic acids is 1. The summed E-state index contributed by atoms with van der Waals surface area (Å²) >= 11 is 0. The summed E-state index contributed by atoms with van der Waals surface area (Å²) in [7, 11) is -4.30. The number of anilines is 1. The van der Waals surface area contributed by atoms with Crippen molar-refractivity contribution in [3.8, 4) is 0 Å². The molecule has 0 bridgehead atoms. The molecule has 1 unspecified atom stereocenters. The van der Waals surface area contributed by atoms with Crippen LogP contribution in [0.25, 0.3) is 0 Å². The van der Waals surface area contributed by atoms with Crippen molar-refractivity contribution in [3.63, 3.8) is 0 Å². The molecule has 0 aromatic heterocycles. The molecule has 0 saturated carbocycles. The van der Waals surface area contributed by atoms with Gasteiger partial charge >= 0.3 is 5.97 Å². The van der Waals surface area contributed by atoms with Gasteiger partial charge in [0, 0.05) is 12.6 Å². The summed E-state index contributed by atoms with van der Waals surface area (Å²) in [5.41, 5.74) is 0.0974. The highest BCUT2D eigenvalue weighted by molar-refractivity contribution is 7.89. The average molecular weight is 304 g/mol. The van der Waals surface area contributed by atoms with Gasteiger partial charge in [0.2, 0.25) is 15.9 Å². The Hall–Kier alpha value is -2.00. The fourth-order valence-corrected chi connectivity index (χ4v) is 2.60. The van der Waals surface area contributed by atoms with Crippen LogP contribution in [0.3, 0.4) is 0 Å². The van der Waals surface area contributed by atoms with E-state index < -0.39 is 38.7 Å². The van der Waals surface area contributed by atoms with E-state index in [1.165, 1.54) is 13.0 Å². The summed E-state index contributed by atoms with van der Waals surface area (Å²) < 4.78 is 39.1. The van der Waals surface area contributed by atoms with Crippen LogP contribution >= 0.6 is 0 Å². The lowest BCUT2D eigenvalue weighted by atomic mass is 10.3. The maximum absolute atomic E-state index is 13.7. The Kier molecular flexibility index (Phi) is 4.79. The van der Waals surface area contributed by atoms with Crippen molar-refractivity contribution in [2.24, 2.45) is 0 Å². The van der Waals surface area contributed by atoms with Crippen molar-refractivity contribution in [2.45, 2.75) is 24.8 Å². The molecule has 0 aliphatic carbocycles. The molecule has 0 heterocycles. The fraction of sp³-hybridized carbons (Fsp3) is 0.273. The molecule has 0 radical (unpaired) electrons. The highest BCUT2D eigenvalue weighted by Gasteiger charge is 2.24. The summed E-state index contributed by atoms with van der Waals surface area (Å²) in [5.74, 6) is -2.91. The lowest BCUT2D eigenvalue weighted by Gasteiger charge is -2.11. The Bertz CT molecular complexity index is 644. The Morgan fingerprint density at radius 3 is 2.40 bits per heavy atom. The zero-order chi connectivity index (χ0) is 15.5. The molecule has 0 aliphatic rings. The van der Waals surface area contributed by atoms with Crippen LogP contribution in [0.1, 0.15) is 13.8 Å². The van der Waals surface area contributed by atoms with E-state index in [2.05, 4.69) is 5.32 Å². The third-order valence-corrected chi connectivity index (χ3v) is 3.82. The first-order valence-corrected chi connectivity index (χ1v) is 6.94. The van der Waals surface area contributed by atoms with E-state index in [1.807, 2.05) is 4.72 Å². The molecular formula is C11H13FN2O5S. The minimum atomic E-state index is -4.30. The van der Waals surface area contributed by atoms with Crippen LogP contribution in [-0.2, 0) is 19.6 Å². The highest BCUT2D eigenvalue weighted by atomic mass is 32.2. The summed E-state index contributed by atoms with van der Waals surface area (Å²) in [5, 5.41) is 10.9. The molecule has 1 rings (SSSR count). The van der Waals surface area contributed by atoms with Gasteiger partial charge in [-0.05, 0) is 25.1 Å². The zero-order valence-electron chi connectivity index (χ0n) is 10.7. The number of benzene rings is 1. The van der Waals surface area contributed by atoms with E-state index in [9.17, 15) is 22.4 Å². The smallest absolute Gasteiger partial charge is 0.321 e. The normalized spacial score (nSPS) is 12.8. The van der Waals surface area contributed by atoms with E-state index in [-0.39, 0.29) is 5.69 Å². The van der Waals surface area contributed by atoms with Crippen molar-refractivity contribution in [1.82, 2.24) is 4.72 Å². The number of amides is 1. The van der Waals surface area contributed by atoms with E-state index >= 15 is 0 Å². The van der Waals surface area contributed by atoms with Gasteiger partial charge in [-0.25, -0.2) is 12.8 Å². The van der Waals surface area contributed by atoms with Crippen molar-refractivity contribution in [1.29, 1.82) is 0 Å². The third kappa shape index (κ3) is 4.00. The number of halogens is 1. The van der Waals surface area contributed by atoms with Gasteiger partial charge in [-0.2, -0.15) is 4.72 Å². The molecule has 0 aliphatic heterocycles. The van der Waals surface area contributed by atoms with Crippen molar-refractivity contribution >= 4 is 27.6 Å². The summed E-state index contributed by atoms with van der Waals surface area (Å²) in [6.45, 7) is 2.34. The van der Waals surface area contributed by atoms with Crippen LogP contribution in [0.4, 0.5) is 10.1 Å². The number of hydrogen-bond acceptors (Lipinski definition) is 4. The topological polar surface area (TPSA) is 113 Å². The number of aliphatic carboxylic acids is 1. The van der Waals surface area contributed by atoms with Crippen LogP contribution < -0.4 is 10.0 Å². The molecular weight excluding hydrogens is 291 g/mol. The molecule has 1 atom stereocenters. The molecule has 20 heavy (non-hydrogen) atoms. The van der Waals surface area contributed by atoms with Crippen molar-refractivity contribution in [2.75, 3.05) is 5.32 Å².